The molecule has 2 rings (SSSR count). The highest BCUT2D eigenvalue weighted by Crippen LogP contribution is 2.18. The third-order valence-corrected chi connectivity index (χ3v) is 4.32. The van der Waals surface area contributed by atoms with Gasteiger partial charge in [0.2, 0.25) is 0 Å². The summed E-state index contributed by atoms with van der Waals surface area (Å²) in [5.74, 6) is 1.72. The first-order valence-electron chi connectivity index (χ1n) is 8.97. The predicted molar refractivity (Wildman–Crippen MR) is 114 cm³/mol. The molecule has 1 N–H and O–H groups in total. The molecule has 7 heteroatoms. The van der Waals surface area contributed by atoms with Crippen molar-refractivity contribution in [1.29, 1.82) is 0 Å². The van der Waals surface area contributed by atoms with Crippen LogP contribution in [0.4, 0.5) is 0 Å². The van der Waals surface area contributed by atoms with Gasteiger partial charge in [0.1, 0.15) is 11.9 Å². The van der Waals surface area contributed by atoms with Crippen LogP contribution in [0.2, 0.25) is 0 Å². The fourth-order valence-electron chi connectivity index (χ4n) is 2.91. The molecule has 1 heterocycles. The summed E-state index contributed by atoms with van der Waals surface area (Å²) < 4.78 is 10.7. The number of carbonyl (C=O) groups excluding carboxylic acids is 1. The maximum Gasteiger partial charge on any atom is 0.305 e. The van der Waals surface area contributed by atoms with E-state index in [0.717, 1.165) is 57.0 Å². The fraction of sp³-hybridized carbons (Fsp3) is 0.579. The zero-order chi connectivity index (χ0) is 17.9. The van der Waals surface area contributed by atoms with Gasteiger partial charge in [-0.1, -0.05) is 18.2 Å². The number of nitrogens with zero attached hydrogens (tertiary/aromatic N) is 2. The third-order valence-electron chi connectivity index (χ3n) is 4.32. The van der Waals surface area contributed by atoms with E-state index in [1.54, 1.807) is 0 Å². The molecule has 1 aromatic rings. The Hall–Kier alpha value is -1.51. The van der Waals surface area contributed by atoms with Crippen LogP contribution in [0.25, 0.3) is 0 Å². The van der Waals surface area contributed by atoms with Crippen molar-refractivity contribution in [2.24, 2.45) is 4.99 Å². The Kier molecular flexibility index (Phi) is 11.1. The molecule has 26 heavy (non-hydrogen) atoms. The average Bonchev–Trinajstić information content (AvgIpc) is 2.66. The molecule has 0 unspecified atom stereocenters. The van der Waals surface area contributed by atoms with Gasteiger partial charge in [-0.15, -0.1) is 24.0 Å². The number of nitrogens with one attached hydrogen (secondary N) is 1. The number of hydrogen-bond acceptors (Lipinski definition) is 4. The van der Waals surface area contributed by atoms with Gasteiger partial charge in [-0.3, -0.25) is 9.79 Å². The van der Waals surface area contributed by atoms with Crippen LogP contribution in [0, 0.1) is 0 Å². The molecule has 1 fully saturated rings. The minimum absolute atomic E-state index is 0. The van der Waals surface area contributed by atoms with Crippen molar-refractivity contribution in [3.63, 3.8) is 0 Å². The molecule has 0 radical (unpaired) electrons. The van der Waals surface area contributed by atoms with E-state index in [2.05, 4.69) is 19.9 Å². The lowest BCUT2D eigenvalue weighted by Gasteiger charge is -2.34. The van der Waals surface area contributed by atoms with Crippen molar-refractivity contribution in [1.82, 2.24) is 10.2 Å². The molecular formula is C19H30IN3O3. The van der Waals surface area contributed by atoms with Crippen LogP contribution in [0.1, 0.15) is 32.1 Å². The van der Waals surface area contributed by atoms with E-state index >= 15 is 0 Å². The number of guanidine groups is 1. The van der Waals surface area contributed by atoms with Gasteiger partial charge in [0.05, 0.1) is 7.11 Å². The molecule has 0 amide bonds. The maximum atomic E-state index is 11.1. The Labute approximate surface area is 173 Å². The summed E-state index contributed by atoms with van der Waals surface area (Å²) in [7, 11) is 3.23. The van der Waals surface area contributed by atoms with Crippen LogP contribution in [-0.4, -0.2) is 56.7 Å². The summed E-state index contributed by atoms with van der Waals surface area (Å²) >= 11 is 0. The highest BCUT2D eigenvalue weighted by molar-refractivity contribution is 14.0. The van der Waals surface area contributed by atoms with Gasteiger partial charge in [-0.2, -0.15) is 0 Å². The van der Waals surface area contributed by atoms with Gasteiger partial charge < -0.3 is 19.7 Å². The van der Waals surface area contributed by atoms with Crippen molar-refractivity contribution in [2.45, 2.75) is 38.2 Å². The van der Waals surface area contributed by atoms with E-state index in [-0.39, 0.29) is 36.0 Å². The highest BCUT2D eigenvalue weighted by Gasteiger charge is 2.22. The number of esters is 1. The number of likely N-dealkylation sites (tertiary alicyclic amines) is 1. The molecule has 0 bridgehead atoms. The number of halogens is 1. The number of para-hydroxylation sites is 1. The second-order valence-electron chi connectivity index (χ2n) is 6.12. The fourth-order valence-corrected chi connectivity index (χ4v) is 2.91. The van der Waals surface area contributed by atoms with Crippen molar-refractivity contribution in [2.75, 3.05) is 33.8 Å². The first-order valence-corrected chi connectivity index (χ1v) is 8.97. The zero-order valence-electron chi connectivity index (χ0n) is 15.6. The van der Waals surface area contributed by atoms with Crippen molar-refractivity contribution in [3.05, 3.63) is 30.3 Å². The van der Waals surface area contributed by atoms with E-state index in [1.165, 1.54) is 7.11 Å². The predicted octanol–water partition coefficient (Wildman–Crippen LogP) is 3.07. The van der Waals surface area contributed by atoms with Gasteiger partial charge in [-0.25, -0.2) is 0 Å². The average molecular weight is 475 g/mol. The number of ether oxygens (including phenoxy) is 2. The summed E-state index contributed by atoms with van der Waals surface area (Å²) in [4.78, 5) is 17.7. The molecule has 146 valence electrons. The number of unbranched alkanes of at least 4 members (excludes halogenated alkanes) is 1. The number of hydrogen-bond donors (Lipinski definition) is 1. The lowest BCUT2D eigenvalue weighted by atomic mass is 10.1. The molecular weight excluding hydrogens is 445 g/mol. The molecule has 1 aliphatic rings. The van der Waals surface area contributed by atoms with Gasteiger partial charge in [0.25, 0.3) is 0 Å². The van der Waals surface area contributed by atoms with Crippen LogP contribution in [0.15, 0.2) is 35.3 Å². The first kappa shape index (κ1) is 22.5. The monoisotopic (exact) mass is 475 g/mol. The summed E-state index contributed by atoms with van der Waals surface area (Å²) in [6, 6.07) is 9.99. The third kappa shape index (κ3) is 7.80. The van der Waals surface area contributed by atoms with Gasteiger partial charge in [0, 0.05) is 45.9 Å². The van der Waals surface area contributed by atoms with Gasteiger partial charge in [-0.05, 0) is 25.0 Å². The number of methoxy groups -OCH3 is 1. The standard InChI is InChI=1S/C19H29N3O3.HI/c1-20-19(21-13-7-6-10-18(23)24-2)22-14-11-17(12-15-22)25-16-8-4-3-5-9-16;/h3-5,8-9,17H,6-7,10-15H2,1-2H3,(H,20,21);1H. The SMILES string of the molecule is CN=C(NCCCCC(=O)OC)N1CCC(Oc2ccccc2)CC1.I. The molecule has 0 aromatic heterocycles. The number of carbonyl (C=O) groups is 1. The smallest absolute Gasteiger partial charge is 0.305 e. The number of piperidine rings is 1. The topological polar surface area (TPSA) is 63.2 Å². The van der Waals surface area contributed by atoms with Gasteiger partial charge >= 0.3 is 5.97 Å². The van der Waals surface area contributed by atoms with E-state index in [1.807, 2.05) is 37.4 Å². The summed E-state index contributed by atoms with van der Waals surface area (Å²) in [5, 5.41) is 3.38. The number of benzene rings is 1. The second kappa shape index (κ2) is 12.8. The largest absolute Gasteiger partial charge is 0.490 e. The van der Waals surface area contributed by atoms with Gasteiger partial charge in [0.15, 0.2) is 5.96 Å². The highest BCUT2D eigenvalue weighted by atomic mass is 127. The summed E-state index contributed by atoms with van der Waals surface area (Å²) in [6.07, 6.45) is 4.44. The minimum Gasteiger partial charge on any atom is -0.490 e. The maximum absolute atomic E-state index is 11.1. The van der Waals surface area contributed by atoms with Crippen LogP contribution < -0.4 is 10.1 Å². The van der Waals surface area contributed by atoms with E-state index in [0.29, 0.717) is 6.42 Å². The molecule has 1 aromatic carbocycles. The summed E-state index contributed by atoms with van der Waals surface area (Å²) in [6.45, 7) is 2.67. The molecule has 0 saturated carbocycles. The van der Waals surface area contributed by atoms with Crippen molar-refractivity contribution >= 4 is 35.9 Å². The first-order chi connectivity index (χ1) is 12.2. The van der Waals surface area contributed by atoms with E-state index < -0.39 is 0 Å². The Morgan fingerprint density at radius 1 is 1.23 bits per heavy atom. The van der Waals surface area contributed by atoms with Crippen LogP contribution in [0.3, 0.4) is 0 Å². The Bertz CT molecular complexity index is 546. The van der Waals surface area contributed by atoms with E-state index in [9.17, 15) is 4.79 Å². The van der Waals surface area contributed by atoms with Crippen molar-refractivity contribution < 1.29 is 14.3 Å². The normalized spacial score (nSPS) is 15.2. The number of aliphatic imine (C=N–C) groups is 1. The summed E-state index contributed by atoms with van der Waals surface area (Å²) in [5.41, 5.74) is 0. The van der Waals surface area contributed by atoms with Crippen LogP contribution in [0.5, 0.6) is 5.75 Å². The molecule has 0 spiro atoms. The lowest BCUT2D eigenvalue weighted by molar-refractivity contribution is -0.140. The Morgan fingerprint density at radius 3 is 2.54 bits per heavy atom. The molecule has 0 atom stereocenters. The second-order valence-corrected chi connectivity index (χ2v) is 6.12. The molecule has 1 aliphatic heterocycles. The minimum atomic E-state index is -0.148. The molecule has 0 aliphatic carbocycles. The Morgan fingerprint density at radius 2 is 1.92 bits per heavy atom. The molecule has 6 nitrogen and oxygen atoms in total. The Balaban J connectivity index is 0.00000338. The number of rotatable bonds is 7. The van der Waals surface area contributed by atoms with Crippen LogP contribution >= 0.6 is 24.0 Å². The van der Waals surface area contributed by atoms with E-state index in [4.69, 9.17) is 4.74 Å². The van der Waals surface area contributed by atoms with Crippen molar-refractivity contribution in [3.8, 4) is 5.75 Å². The zero-order valence-corrected chi connectivity index (χ0v) is 18.0. The molecule has 1 saturated heterocycles. The lowest BCUT2D eigenvalue weighted by Crippen LogP contribution is -2.47. The van der Waals surface area contributed by atoms with Crippen LogP contribution in [-0.2, 0) is 9.53 Å². The quantitative estimate of drug-likeness (QED) is 0.216.